The fourth-order valence-electron chi connectivity index (χ4n) is 5.48. The number of hydrogen-bond donors (Lipinski definition) is 4. The van der Waals surface area contributed by atoms with Gasteiger partial charge in [0.2, 0.25) is 17.6 Å². The van der Waals surface area contributed by atoms with Crippen molar-refractivity contribution in [2.45, 2.75) is 105 Å². The first-order chi connectivity index (χ1) is 17.9. The number of piperidine rings is 1. The molecule has 5 amide bonds. The monoisotopic (exact) mass is 547 g/mol. The molecule has 39 heavy (non-hydrogen) atoms. The number of amides is 5. The van der Waals surface area contributed by atoms with E-state index in [1.54, 1.807) is 4.90 Å². The van der Waals surface area contributed by atoms with Crippen LogP contribution in [0.2, 0.25) is 0 Å². The Labute approximate surface area is 233 Å². The fourth-order valence-corrected chi connectivity index (χ4v) is 5.48. The quantitative estimate of drug-likeness (QED) is 0.233. The van der Waals surface area contributed by atoms with Crippen LogP contribution in [-0.2, 0) is 19.2 Å². The molecule has 1 saturated carbocycles. The summed E-state index contributed by atoms with van der Waals surface area (Å²) in [6, 6.07) is -3.13. The molecule has 1 aliphatic heterocycles. The van der Waals surface area contributed by atoms with E-state index in [4.69, 9.17) is 0 Å². The number of nitrogens with one attached hydrogen (secondary N) is 4. The highest BCUT2D eigenvalue weighted by atomic mass is 16.2. The minimum Gasteiger partial charge on any atom is -0.346 e. The number of hydrogen-bond acceptors (Lipinski definition) is 5. The topological polar surface area (TPSA) is 137 Å². The Morgan fingerprint density at radius 1 is 1.05 bits per heavy atom. The van der Waals surface area contributed by atoms with Crippen LogP contribution in [0.1, 0.15) is 81.6 Å². The molecule has 2 rings (SSSR count). The molecule has 5 atom stereocenters. The van der Waals surface area contributed by atoms with Crippen molar-refractivity contribution in [3.8, 4) is 0 Å². The van der Waals surface area contributed by atoms with Gasteiger partial charge in [-0.1, -0.05) is 60.5 Å². The summed E-state index contributed by atoms with van der Waals surface area (Å²) in [6.45, 7) is 21.3. The van der Waals surface area contributed by atoms with Gasteiger partial charge in [-0.15, -0.1) is 6.58 Å². The Kier molecular flexibility index (Phi) is 10.0. The van der Waals surface area contributed by atoms with Crippen molar-refractivity contribution in [2.75, 3.05) is 13.1 Å². The average Bonchev–Trinajstić information content (AvgIpc) is 3.14. The van der Waals surface area contributed by atoms with Crippen LogP contribution < -0.4 is 21.3 Å². The summed E-state index contributed by atoms with van der Waals surface area (Å²) >= 11 is 0. The number of unbranched alkanes of at least 4 members (excludes halogenated alkanes) is 1. The standard InChI is InChI=1S/C29H49N5O5/c1-11-13-14-18(21(35)24(37)30-15-12-2)31-23(36)20-19-17(29(19,9)10)16-34(20)25(38)22(27(3,4)5)32-26(39)33-28(6,7)8/h12,17-20,22H,2,11,13-16H2,1,3-10H3,(H,30,37)(H,31,36)(H2,32,33,39)/t17-,18?,19-,20-,22+/m0/s1. The maximum atomic E-state index is 14.0. The van der Waals surface area contributed by atoms with Crippen molar-refractivity contribution in [1.82, 2.24) is 26.2 Å². The van der Waals surface area contributed by atoms with Gasteiger partial charge in [-0.3, -0.25) is 19.2 Å². The second-order valence-electron chi connectivity index (χ2n) is 13.6. The summed E-state index contributed by atoms with van der Waals surface area (Å²) in [6.07, 6.45) is 3.23. The third-order valence-corrected chi connectivity index (χ3v) is 7.75. The van der Waals surface area contributed by atoms with E-state index >= 15 is 0 Å². The largest absolute Gasteiger partial charge is 0.346 e. The van der Waals surface area contributed by atoms with Gasteiger partial charge in [0.15, 0.2) is 0 Å². The Morgan fingerprint density at radius 2 is 1.67 bits per heavy atom. The van der Waals surface area contributed by atoms with Crippen molar-refractivity contribution < 1.29 is 24.0 Å². The molecule has 0 radical (unpaired) electrons. The lowest BCUT2D eigenvalue weighted by Gasteiger charge is -2.38. The van der Waals surface area contributed by atoms with Crippen molar-refractivity contribution in [2.24, 2.45) is 22.7 Å². The number of Topliss-reactive ketones (excluding diaryl/α,β-unsaturated/α-hetero) is 1. The lowest BCUT2D eigenvalue weighted by Crippen LogP contribution is -2.62. The summed E-state index contributed by atoms with van der Waals surface area (Å²) in [7, 11) is 0. The summed E-state index contributed by atoms with van der Waals surface area (Å²) in [5.41, 5.74) is -1.26. The maximum absolute atomic E-state index is 14.0. The zero-order valence-electron chi connectivity index (χ0n) is 25.2. The van der Waals surface area contributed by atoms with Crippen molar-refractivity contribution in [1.29, 1.82) is 0 Å². The Bertz CT molecular complexity index is 978. The molecule has 0 bridgehead atoms. The van der Waals surface area contributed by atoms with Crippen molar-refractivity contribution in [3.63, 3.8) is 0 Å². The number of urea groups is 1. The number of carbonyl (C=O) groups excluding carboxylic acids is 5. The predicted molar refractivity (Wildman–Crippen MR) is 151 cm³/mol. The number of carbonyl (C=O) groups is 5. The summed E-state index contributed by atoms with van der Waals surface area (Å²) in [5.74, 6) is -2.23. The van der Waals surface area contributed by atoms with E-state index in [-0.39, 0.29) is 29.7 Å². The highest BCUT2D eigenvalue weighted by Gasteiger charge is 2.69. The van der Waals surface area contributed by atoms with Gasteiger partial charge in [0, 0.05) is 18.6 Å². The molecule has 220 valence electrons. The van der Waals surface area contributed by atoms with E-state index in [2.05, 4.69) is 41.7 Å². The Hall–Kier alpha value is -2.91. The molecule has 1 saturated heterocycles. The first-order valence-electron chi connectivity index (χ1n) is 14.0. The summed E-state index contributed by atoms with van der Waals surface area (Å²) in [5, 5.41) is 11.0. The van der Waals surface area contributed by atoms with E-state index in [9.17, 15) is 24.0 Å². The number of ketones is 1. The van der Waals surface area contributed by atoms with E-state index in [0.717, 1.165) is 6.42 Å². The minimum absolute atomic E-state index is 0.0815. The molecular formula is C29H49N5O5. The lowest BCUT2D eigenvalue weighted by molar-refractivity contribution is -0.145. The molecule has 1 unspecified atom stereocenters. The molecule has 0 aromatic heterocycles. The number of rotatable bonds is 11. The molecule has 10 heteroatoms. The third-order valence-electron chi connectivity index (χ3n) is 7.75. The SMILES string of the molecule is C=CCNC(=O)C(=O)C(CCCC)NC(=O)[C@@H]1[C@@H]2[C@H](CN1C(=O)[C@@H](NC(=O)NC(C)(C)C)C(C)(C)C)C2(C)C. The molecule has 2 aliphatic rings. The van der Waals surface area contributed by atoms with Gasteiger partial charge in [-0.2, -0.15) is 0 Å². The molecule has 0 aromatic carbocycles. The highest BCUT2D eigenvalue weighted by molar-refractivity contribution is 6.38. The van der Waals surface area contributed by atoms with Gasteiger partial charge < -0.3 is 26.2 Å². The van der Waals surface area contributed by atoms with Gasteiger partial charge in [0.05, 0.1) is 6.04 Å². The fraction of sp³-hybridized carbons (Fsp3) is 0.759. The Morgan fingerprint density at radius 3 is 2.18 bits per heavy atom. The summed E-state index contributed by atoms with van der Waals surface area (Å²) < 4.78 is 0. The normalized spacial score (nSPS) is 23.1. The first-order valence-corrected chi connectivity index (χ1v) is 14.0. The molecule has 0 aromatic rings. The molecule has 2 fully saturated rings. The molecule has 4 N–H and O–H groups in total. The predicted octanol–water partition coefficient (Wildman–Crippen LogP) is 2.53. The zero-order chi connectivity index (χ0) is 29.9. The second kappa shape index (κ2) is 12.1. The van der Waals surface area contributed by atoms with E-state index < -0.39 is 52.7 Å². The van der Waals surface area contributed by atoms with Crippen LogP contribution >= 0.6 is 0 Å². The molecule has 1 heterocycles. The van der Waals surface area contributed by atoms with Crippen LogP contribution in [0.5, 0.6) is 0 Å². The van der Waals surface area contributed by atoms with Crippen LogP contribution in [0.4, 0.5) is 4.79 Å². The maximum Gasteiger partial charge on any atom is 0.315 e. The minimum atomic E-state index is -0.991. The number of likely N-dealkylation sites (tertiary alicyclic amines) is 1. The van der Waals surface area contributed by atoms with Crippen molar-refractivity contribution >= 4 is 29.5 Å². The van der Waals surface area contributed by atoms with Crippen LogP contribution in [0.25, 0.3) is 0 Å². The summed E-state index contributed by atoms with van der Waals surface area (Å²) in [4.78, 5) is 67.3. The van der Waals surface area contributed by atoms with Crippen LogP contribution in [-0.4, -0.2) is 71.2 Å². The molecular weight excluding hydrogens is 498 g/mol. The molecule has 10 nitrogen and oxygen atoms in total. The second-order valence-corrected chi connectivity index (χ2v) is 13.6. The van der Waals surface area contributed by atoms with Gasteiger partial charge in [-0.05, 0) is 49.9 Å². The average molecular weight is 548 g/mol. The smallest absolute Gasteiger partial charge is 0.315 e. The number of nitrogens with zero attached hydrogens (tertiary/aromatic N) is 1. The van der Waals surface area contributed by atoms with Crippen LogP contribution in [0.3, 0.4) is 0 Å². The van der Waals surface area contributed by atoms with Crippen LogP contribution in [0.15, 0.2) is 12.7 Å². The Balaban J connectivity index is 2.31. The van der Waals surface area contributed by atoms with E-state index in [1.807, 2.05) is 48.5 Å². The van der Waals surface area contributed by atoms with Gasteiger partial charge >= 0.3 is 6.03 Å². The third kappa shape index (κ3) is 7.82. The molecule has 0 spiro atoms. The van der Waals surface area contributed by atoms with E-state index in [1.165, 1.54) is 6.08 Å². The van der Waals surface area contributed by atoms with Crippen molar-refractivity contribution in [3.05, 3.63) is 12.7 Å². The van der Waals surface area contributed by atoms with Gasteiger partial charge in [-0.25, -0.2) is 4.79 Å². The van der Waals surface area contributed by atoms with Gasteiger partial charge in [0.1, 0.15) is 12.1 Å². The van der Waals surface area contributed by atoms with E-state index in [0.29, 0.717) is 19.4 Å². The van der Waals surface area contributed by atoms with Crippen LogP contribution in [0, 0.1) is 22.7 Å². The highest BCUT2D eigenvalue weighted by Crippen LogP contribution is 2.65. The van der Waals surface area contributed by atoms with Gasteiger partial charge in [0.25, 0.3) is 5.91 Å². The lowest BCUT2D eigenvalue weighted by atomic mass is 9.85. The molecule has 1 aliphatic carbocycles. The number of fused-ring (bicyclic) bond motifs is 1. The first kappa shape index (κ1) is 32.3. The zero-order valence-corrected chi connectivity index (χ0v) is 25.2.